The summed E-state index contributed by atoms with van der Waals surface area (Å²) in [6.07, 6.45) is 5.33. The van der Waals surface area contributed by atoms with Crippen LogP contribution in [0.3, 0.4) is 0 Å². The summed E-state index contributed by atoms with van der Waals surface area (Å²) in [6.45, 7) is 1.99. The van der Waals surface area contributed by atoms with Crippen LogP contribution in [0.25, 0.3) is 11.4 Å². The average Bonchev–Trinajstić information content (AvgIpc) is 3.10. The molecule has 0 bridgehead atoms. The summed E-state index contributed by atoms with van der Waals surface area (Å²) in [6, 6.07) is 9.75. The van der Waals surface area contributed by atoms with Crippen LogP contribution in [0.1, 0.15) is 18.9 Å². The van der Waals surface area contributed by atoms with Crippen molar-refractivity contribution in [2.24, 2.45) is 0 Å². The minimum absolute atomic E-state index is 0.0162. The molecule has 0 amide bonds. The van der Waals surface area contributed by atoms with Gasteiger partial charge in [0.1, 0.15) is 6.04 Å². The monoisotopic (exact) mass is 240 g/mol. The number of benzene rings is 1. The number of imidazole rings is 1. The predicted molar refractivity (Wildman–Crippen MR) is 65.8 cm³/mol. The summed E-state index contributed by atoms with van der Waals surface area (Å²) >= 11 is 0. The summed E-state index contributed by atoms with van der Waals surface area (Å²) in [4.78, 5) is 8.42. The Kier molecular flexibility index (Phi) is 2.64. The number of hydrogen-bond acceptors (Lipinski definition) is 4. The van der Waals surface area contributed by atoms with Crippen molar-refractivity contribution in [1.29, 1.82) is 0 Å². The van der Waals surface area contributed by atoms with Gasteiger partial charge >= 0.3 is 0 Å². The summed E-state index contributed by atoms with van der Waals surface area (Å²) < 4.78 is 7.21. The SMILES string of the molecule is C[C@@H](c1nc(-c2ccccc2)no1)n1ccnc1. The van der Waals surface area contributed by atoms with Gasteiger partial charge in [0.15, 0.2) is 0 Å². The molecular formula is C13H12N4O. The van der Waals surface area contributed by atoms with E-state index >= 15 is 0 Å². The molecule has 0 unspecified atom stereocenters. The number of nitrogens with zero attached hydrogens (tertiary/aromatic N) is 4. The summed E-state index contributed by atoms with van der Waals surface area (Å²) in [5, 5.41) is 4.00. The third-order valence-corrected chi connectivity index (χ3v) is 2.80. The molecule has 1 atom stereocenters. The normalized spacial score (nSPS) is 12.5. The van der Waals surface area contributed by atoms with Gasteiger partial charge in [0.05, 0.1) is 6.33 Å². The van der Waals surface area contributed by atoms with E-state index in [1.54, 1.807) is 12.5 Å². The van der Waals surface area contributed by atoms with E-state index < -0.39 is 0 Å². The van der Waals surface area contributed by atoms with Crippen molar-refractivity contribution in [2.75, 3.05) is 0 Å². The van der Waals surface area contributed by atoms with Gasteiger partial charge < -0.3 is 9.09 Å². The van der Waals surface area contributed by atoms with Crippen molar-refractivity contribution in [1.82, 2.24) is 19.7 Å². The Morgan fingerprint density at radius 3 is 2.78 bits per heavy atom. The molecule has 2 heterocycles. The third-order valence-electron chi connectivity index (χ3n) is 2.80. The van der Waals surface area contributed by atoms with Crippen molar-refractivity contribution >= 4 is 0 Å². The van der Waals surface area contributed by atoms with Gasteiger partial charge in [-0.1, -0.05) is 35.5 Å². The minimum Gasteiger partial charge on any atom is -0.337 e. The molecule has 0 aliphatic rings. The van der Waals surface area contributed by atoms with E-state index in [0.29, 0.717) is 11.7 Å². The van der Waals surface area contributed by atoms with Gasteiger partial charge in [-0.15, -0.1) is 0 Å². The standard InChI is InChI=1S/C13H12N4O/c1-10(17-8-7-14-9-17)13-15-12(16-18-13)11-5-3-2-4-6-11/h2-10H,1H3/t10-/m0/s1. The van der Waals surface area contributed by atoms with E-state index in [4.69, 9.17) is 4.52 Å². The average molecular weight is 240 g/mol. The molecule has 90 valence electrons. The van der Waals surface area contributed by atoms with Gasteiger partial charge in [0, 0.05) is 18.0 Å². The maximum Gasteiger partial charge on any atom is 0.249 e. The van der Waals surface area contributed by atoms with Crippen LogP contribution in [-0.2, 0) is 0 Å². The Morgan fingerprint density at radius 2 is 2.06 bits per heavy atom. The third kappa shape index (κ3) is 1.90. The second kappa shape index (κ2) is 4.44. The molecule has 3 rings (SSSR count). The van der Waals surface area contributed by atoms with Gasteiger partial charge in [-0.25, -0.2) is 4.98 Å². The molecule has 0 spiro atoms. The van der Waals surface area contributed by atoms with Crippen LogP contribution in [0, 0.1) is 0 Å². The fourth-order valence-electron chi connectivity index (χ4n) is 1.74. The van der Waals surface area contributed by atoms with Crippen LogP contribution in [0.2, 0.25) is 0 Å². The van der Waals surface area contributed by atoms with E-state index in [2.05, 4.69) is 15.1 Å². The van der Waals surface area contributed by atoms with Crippen molar-refractivity contribution in [3.63, 3.8) is 0 Å². The Labute approximate surface area is 104 Å². The van der Waals surface area contributed by atoms with Crippen molar-refractivity contribution in [3.8, 4) is 11.4 Å². The Bertz CT molecular complexity index is 616. The van der Waals surface area contributed by atoms with Crippen molar-refractivity contribution in [2.45, 2.75) is 13.0 Å². The molecule has 2 aromatic heterocycles. The van der Waals surface area contributed by atoms with Crippen LogP contribution in [0.15, 0.2) is 53.6 Å². The van der Waals surface area contributed by atoms with Gasteiger partial charge in [0.2, 0.25) is 11.7 Å². The maximum atomic E-state index is 5.29. The van der Waals surface area contributed by atoms with Crippen LogP contribution < -0.4 is 0 Å². The second-order valence-electron chi connectivity index (χ2n) is 4.01. The molecular weight excluding hydrogens is 228 g/mol. The molecule has 0 radical (unpaired) electrons. The number of rotatable bonds is 3. The van der Waals surface area contributed by atoms with E-state index in [1.807, 2.05) is 48.0 Å². The fraction of sp³-hybridized carbons (Fsp3) is 0.154. The van der Waals surface area contributed by atoms with Crippen LogP contribution in [0.4, 0.5) is 0 Å². The highest BCUT2D eigenvalue weighted by atomic mass is 16.5. The van der Waals surface area contributed by atoms with Crippen molar-refractivity contribution in [3.05, 3.63) is 54.9 Å². The van der Waals surface area contributed by atoms with Crippen LogP contribution in [0.5, 0.6) is 0 Å². The zero-order valence-corrected chi connectivity index (χ0v) is 9.89. The van der Waals surface area contributed by atoms with Gasteiger partial charge in [0.25, 0.3) is 0 Å². The maximum absolute atomic E-state index is 5.29. The molecule has 0 fully saturated rings. The van der Waals surface area contributed by atoms with E-state index in [9.17, 15) is 0 Å². The Hall–Kier alpha value is -2.43. The molecule has 0 aliphatic heterocycles. The first-order valence-electron chi connectivity index (χ1n) is 5.71. The van der Waals surface area contributed by atoms with E-state index in [-0.39, 0.29) is 6.04 Å². The first kappa shape index (κ1) is 10.7. The lowest BCUT2D eigenvalue weighted by molar-refractivity contribution is 0.345. The predicted octanol–water partition coefficient (Wildman–Crippen LogP) is 2.54. The zero-order chi connectivity index (χ0) is 12.4. The molecule has 5 heteroatoms. The largest absolute Gasteiger partial charge is 0.337 e. The molecule has 0 N–H and O–H groups in total. The second-order valence-corrected chi connectivity index (χ2v) is 4.01. The lowest BCUT2D eigenvalue weighted by Gasteiger charge is -2.06. The Morgan fingerprint density at radius 1 is 1.22 bits per heavy atom. The smallest absolute Gasteiger partial charge is 0.249 e. The minimum atomic E-state index is -0.0162. The highest BCUT2D eigenvalue weighted by Crippen LogP contribution is 2.20. The highest BCUT2D eigenvalue weighted by molar-refractivity contribution is 5.53. The lowest BCUT2D eigenvalue weighted by atomic mass is 10.2. The summed E-state index contributed by atoms with van der Waals surface area (Å²) in [7, 11) is 0. The molecule has 3 aromatic rings. The lowest BCUT2D eigenvalue weighted by Crippen LogP contribution is -2.04. The van der Waals surface area contributed by atoms with Crippen molar-refractivity contribution < 1.29 is 4.52 Å². The number of aromatic nitrogens is 4. The zero-order valence-electron chi connectivity index (χ0n) is 9.89. The quantitative estimate of drug-likeness (QED) is 0.706. The van der Waals surface area contributed by atoms with E-state index in [1.165, 1.54) is 0 Å². The summed E-state index contributed by atoms with van der Waals surface area (Å²) in [5.74, 6) is 1.18. The first-order chi connectivity index (χ1) is 8.84. The van der Waals surface area contributed by atoms with Gasteiger partial charge in [-0.05, 0) is 6.92 Å². The molecule has 0 aliphatic carbocycles. The summed E-state index contributed by atoms with van der Waals surface area (Å²) in [5.41, 5.74) is 0.949. The molecule has 18 heavy (non-hydrogen) atoms. The van der Waals surface area contributed by atoms with Crippen LogP contribution in [-0.4, -0.2) is 19.7 Å². The molecule has 0 saturated carbocycles. The highest BCUT2D eigenvalue weighted by Gasteiger charge is 2.15. The molecule has 1 aromatic carbocycles. The fourth-order valence-corrected chi connectivity index (χ4v) is 1.74. The topological polar surface area (TPSA) is 56.7 Å². The molecule has 5 nitrogen and oxygen atoms in total. The molecule has 0 saturated heterocycles. The Balaban J connectivity index is 1.90. The first-order valence-corrected chi connectivity index (χ1v) is 5.71. The van der Waals surface area contributed by atoms with Gasteiger partial charge in [-0.2, -0.15) is 4.98 Å². The van der Waals surface area contributed by atoms with E-state index in [0.717, 1.165) is 5.56 Å². The number of hydrogen-bond donors (Lipinski definition) is 0. The van der Waals surface area contributed by atoms with Gasteiger partial charge in [-0.3, -0.25) is 0 Å². The van der Waals surface area contributed by atoms with Crippen LogP contribution >= 0.6 is 0 Å².